The Balaban J connectivity index is 1.27. The van der Waals surface area contributed by atoms with Crippen molar-refractivity contribution in [2.75, 3.05) is 16.8 Å². The van der Waals surface area contributed by atoms with E-state index in [9.17, 15) is 0 Å². The van der Waals surface area contributed by atoms with E-state index in [2.05, 4.69) is 55.5 Å². The van der Waals surface area contributed by atoms with Gasteiger partial charge in [0.15, 0.2) is 10.8 Å². The Kier molecular flexibility index (Phi) is 5.18. The van der Waals surface area contributed by atoms with Crippen molar-refractivity contribution in [3.8, 4) is 11.5 Å². The number of hydrogen-bond acceptors (Lipinski definition) is 7. The van der Waals surface area contributed by atoms with Crippen LogP contribution < -0.4 is 20.3 Å². The number of pyridine rings is 1. The smallest absolute Gasteiger partial charge is 0.174 e. The average Bonchev–Trinajstić information content (AvgIpc) is 3.43. The van der Waals surface area contributed by atoms with Gasteiger partial charge in [-0.15, -0.1) is 0 Å². The van der Waals surface area contributed by atoms with Crippen LogP contribution >= 0.6 is 12.2 Å². The fourth-order valence-electron chi connectivity index (χ4n) is 4.35. The van der Waals surface area contributed by atoms with Crippen LogP contribution in [0.1, 0.15) is 19.4 Å². The van der Waals surface area contributed by atoms with Crippen LogP contribution in [-0.2, 0) is 0 Å². The van der Waals surface area contributed by atoms with Gasteiger partial charge in [-0.2, -0.15) is 5.10 Å². The quantitative estimate of drug-likeness (QED) is 0.326. The summed E-state index contributed by atoms with van der Waals surface area (Å²) in [5, 5.41) is 12.6. The Bertz CT molecular complexity index is 1630. The lowest BCUT2D eigenvalue weighted by Crippen LogP contribution is -2.36. The van der Waals surface area contributed by atoms with Crippen LogP contribution in [-0.4, -0.2) is 41.8 Å². The van der Waals surface area contributed by atoms with Crippen molar-refractivity contribution in [1.82, 2.24) is 29.9 Å². The van der Waals surface area contributed by atoms with E-state index in [-0.39, 0.29) is 5.54 Å². The molecule has 0 unspecified atom stereocenters. The molecule has 5 aromatic rings. The molecule has 2 aromatic carbocycles. The molecule has 0 bridgehead atoms. The highest BCUT2D eigenvalue weighted by molar-refractivity contribution is 7.80. The molecule has 0 radical (unpaired) electrons. The lowest BCUT2D eigenvalue weighted by Gasteiger charge is -2.19. The van der Waals surface area contributed by atoms with Crippen LogP contribution in [0.2, 0.25) is 0 Å². The molecule has 1 aliphatic rings. The first-order chi connectivity index (χ1) is 17.3. The molecule has 4 heterocycles. The van der Waals surface area contributed by atoms with Gasteiger partial charge in [-0.1, -0.05) is 0 Å². The third-order valence-corrected chi connectivity index (χ3v) is 6.41. The molecule has 0 amide bonds. The van der Waals surface area contributed by atoms with Gasteiger partial charge in [0.2, 0.25) is 0 Å². The molecular weight excluding hydrogens is 472 g/mol. The maximum Gasteiger partial charge on any atom is 0.174 e. The van der Waals surface area contributed by atoms with Crippen LogP contribution in [0.25, 0.3) is 16.6 Å². The minimum Gasteiger partial charge on any atom is -0.457 e. The van der Waals surface area contributed by atoms with Gasteiger partial charge < -0.3 is 20.3 Å². The molecular formula is C26H24N8OS. The van der Waals surface area contributed by atoms with Crippen molar-refractivity contribution >= 4 is 51.1 Å². The number of benzene rings is 2. The van der Waals surface area contributed by atoms with Crippen molar-refractivity contribution in [2.24, 2.45) is 0 Å². The first-order valence-corrected chi connectivity index (χ1v) is 11.9. The first kappa shape index (κ1) is 22.2. The van der Waals surface area contributed by atoms with Gasteiger partial charge in [0.05, 0.1) is 11.1 Å². The molecule has 6 rings (SSSR count). The Labute approximate surface area is 213 Å². The highest BCUT2D eigenvalue weighted by Crippen LogP contribution is 2.32. The zero-order valence-electron chi connectivity index (χ0n) is 20.1. The molecule has 0 spiro atoms. The summed E-state index contributed by atoms with van der Waals surface area (Å²) in [5.74, 6) is 2.19. The van der Waals surface area contributed by atoms with Gasteiger partial charge >= 0.3 is 0 Å². The predicted octanol–water partition coefficient (Wildman–Crippen LogP) is 4.99. The molecule has 1 aliphatic heterocycles. The molecule has 1 saturated heterocycles. The Hall–Kier alpha value is -4.31. The molecule has 0 saturated carbocycles. The largest absolute Gasteiger partial charge is 0.457 e. The van der Waals surface area contributed by atoms with E-state index in [4.69, 9.17) is 17.0 Å². The number of nitrogens with zero attached hydrogens (tertiary/aromatic N) is 6. The zero-order valence-corrected chi connectivity index (χ0v) is 20.9. The Morgan fingerprint density at radius 2 is 1.92 bits per heavy atom. The molecule has 10 heteroatoms. The fraction of sp³-hybridized carbons (Fsp3) is 0.192. The van der Waals surface area contributed by atoms with Crippen LogP contribution in [0, 0.1) is 6.92 Å². The minimum absolute atomic E-state index is 0.0805. The average molecular weight is 497 g/mol. The van der Waals surface area contributed by atoms with Gasteiger partial charge in [0, 0.05) is 35.6 Å². The normalized spacial score (nSPS) is 14.9. The van der Waals surface area contributed by atoms with Crippen LogP contribution in [0.4, 0.5) is 17.2 Å². The predicted molar refractivity (Wildman–Crippen MR) is 144 cm³/mol. The third kappa shape index (κ3) is 4.16. The van der Waals surface area contributed by atoms with Gasteiger partial charge in [0.25, 0.3) is 0 Å². The molecule has 0 aliphatic carbocycles. The molecule has 9 nitrogen and oxygen atoms in total. The van der Waals surface area contributed by atoms with E-state index >= 15 is 0 Å². The number of hydrogen-bond donors (Lipinski definition) is 2. The van der Waals surface area contributed by atoms with Gasteiger partial charge in [-0.05, 0) is 81.0 Å². The molecule has 0 atom stereocenters. The van der Waals surface area contributed by atoms with Crippen molar-refractivity contribution in [2.45, 2.75) is 26.3 Å². The number of aromatic nitrogens is 5. The van der Waals surface area contributed by atoms with E-state index in [1.165, 1.54) is 6.33 Å². The van der Waals surface area contributed by atoms with Crippen molar-refractivity contribution < 1.29 is 4.74 Å². The molecule has 2 N–H and O–H groups in total. The summed E-state index contributed by atoms with van der Waals surface area (Å²) in [6, 6.07) is 15.8. The van der Waals surface area contributed by atoms with Gasteiger partial charge in [0.1, 0.15) is 30.0 Å². The standard InChI is InChI=1S/C26H24N8OS/c1-16-10-17(4-7-22(16)35-19-8-9-34-23(12-19)28-15-30-34)31-24-20-11-18(5-6-21(20)27-14-29-24)33-13-26(2,3)32-25(33)36/h4-12,14-15H,13H2,1-3H3,(H,32,36)(H,27,29,31). The number of fused-ring (bicyclic) bond motifs is 2. The summed E-state index contributed by atoms with van der Waals surface area (Å²) in [4.78, 5) is 15.3. The number of nitrogens with one attached hydrogen (secondary N) is 2. The van der Waals surface area contributed by atoms with E-state index in [1.54, 1.807) is 10.8 Å². The molecule has 1 fully saturated rings. The fourth-order valence-corrected chi connectivity index (χ4v) is 4.80. The molecule has 3 aromatic heterocycles. The summed E-state index contributed by atoms with van der Waals surface area (Å²) < 4.78 is 7.80. The highest BCUT2D eigenvalue weighted by atomic mass is 32.1. The van der Waals surface area contributed by atoms with E-state index in [1.807, 2.05) is 55.6 Å². The molecule has 36 heavy (non-hydrogen) atoms. The topological polar surface area (TPSA) is 92.5 Å². The lowest BCUT2D eigenvalue weighted by atomic mass is 10.1. The minimum atomic E-state index is -0.0805. The second-order valence-electron chi connectivity index (χ2n) is 9.46. The van der Waals surface area contributed by atoms with Crippen LogP contribution in [0.15, 0.2) is 67.4 Å². The first-order valence-electron chi connectivity index (χ1n) is 11.5. The highest BCUT2D eigenvalue weighted by Gasteiger charge is 2.33. The van der Waals surface area contributed by atoms with E-state index in [0.29, 0.717) is 5.75 Å². The molecule has 180 valence electrons. The SMILES string of the molecule is Cc1cc(Nc2ncnc3ccc(N4CC(C)(C)NC4=S)cc23)ccc1Oc1ccn2ncnc2c1. The number of anilines is 3. The summed E-state index contributed by atoms with van der Waals surface area (Å²) in [6.45, 7) is 7.08. The monoisotopic (exact) mass is 496 g/mol. The van der Waals surface area contributed by atoms with Gasteiger partial charge in [-0.3, -0.25) is 0 Å². The summed E-state index contributed by atoms with van der Waals surface area (Å²) in [5.41, 5.74) is 4.39. The summed E-state index contributed by atoms with van der Waals surface area (Å²) in [6.07, 6.45) is 4.91. The second kappa shape index (κ2) is 8.42. The maximum atomic E-state index is 6.10. The van der Waals surface area contributed by atoms with Crippen molar-refractivity contribution in [3.63, 3.8) is 0 Å². The Morgan fingerprint density at radius 1 is 1.03 bits per heavy atom. The number of thiocarbonyl (C=S) groups is 1. The van der Waals surface area contributed by atoms with Crippen LogP contribution in [0.5, 0.6) is 11.5 Å². The van der Waals surface area contributed by atoms with Crippen LogP contribution in [0.3, 0.4) is 0 Å². The number of rotatable bonds is 5. The maximum absolute atomic E-state index is 6.10. The zero-order chi connectivity index (χ0) is 24.9. The van der Waals surface area contributed by atoms with E-state index in [0.717, 1.165) is 56.7 Å². The number of aryl methyl sites for hydroxylation is 1. The summed E-state index contributed by atoms with van der Waals surface area (Å²) >= 11 is 5.57. The Morgan fingerprint density at radius 3 is 2.72 bits per heavy atom. The lowest BCUT2D eigenvalue weighted by molar-refractivity contribution is 0.478. The summed E-state index contributed by atoms with van der Waals surface area (Å²) in [7, 11) is 0. The van der Waals surface area contributed by atoms with Crippen molar-refractivity contribution in [1.29, 1.82) is 0 Å². The van der Waals surface area contributed by atoms with E-state index < -0.39 is 0 Å². The van der Waals surface area contributed by atoms with Gasteiger partial charge in [-0.25, -0.2) is 19.5 Å². The van der Waals surface area contributed by atoms with Crippen molar-refractivity contribution in [3.05, 3.63) is 72.9 Å². The third-order valence-electron chi connectivity index (χ3n) is 6.09. The second-order valence-corrected chi connectivity index (χ2v) is 9.84. The number of ether oxygens (including phenoxy) is 1.